The van der Waals surface area contributed by atoms with Crippen molar-refractivity contribution in [3.8, 4) is 0 Å². The van der Waals surface area contributed by atoms with E-state index in [2.05, 4.69) is 34.3 Å². The highest BCUT2D eigenvalue weighted by atomic mass is 16.2. The fourth-order valence-electron chi connectivity index (χ4n) is 1.38. The monoisotopic (exact) mass is 194 g/mol. The second-order valence-electron chi connectivity index (χ2n) is 4.46. The molecule has 0 aliphatic heterocycles. The van der Waals surface area contributed by atoms with Crippen LogP contribution in [-0.2, 0) is 0 Å². The molecule has 1 aromatic heterocycles. The number of aryl methyl sites for hydroxylation is 1. The Labute approximate surface area is 82.3 Å². The molecular formula is C9H14N4O. The Kier molecular flexibility index (Phi) is 1.83. The first-order valence-electron chi connectivity index (χ1n) is 4.69. The van der Waals surface area contributed by atoms with E-state index in [0.29, 0.717) is 5.82 Å². The zero-order valence-corrected chi connectivity index (χ0v) is 8.59. The fourth-order valence-corrected chi connectivity index (χ4v) is 1.38. The van der Waals surface area contributed by atoms with Crippen LogP contribution >= 0.6 is 0 Å². The molecule has 14 heavy (non-hydrogen) atoms. The zero-order valence-electron chi connectivity index (χ0n) is 8.59. The van der Waals surface area contributed by atoms with Gasteiger partial charge in [-0.3, -0.25) is 9.89 Å². The molecule has 1 aliphatic rings. The van der Waals surface area contributed by atoms with Gasteiger partial charge in [-0.1, -0.05) is 13.8 Å². The van der Waals surface area contributed by atoms with Gasteiger partial charge in [-0.25, -0.2) is 4.98 Å². The average Bonchev–Trinajstić information content (AvgIpc) is 2.52. The van der Waals surface area contributed by atoms with E-state index in [9.17, 15) is 4.79 Å². The number of nitrogens with one attached hydrogen (secondary N) is 2. The summed E-state index contributed by atoms with van der Waals surface area (Å²) in [5.41, 5.74) is 0.237. The molecule has 1 unspecified atom stereocenters. The maximum atomic E-state index is 11.5. The number of rotatable bonds is 2. The van der Waals surface area contributed by atoms with Gasteiger partial charge in [0.15, 0.2) is 0 Å². The second kappa shape index (κ2) is 2.80. The first-order valence-corrected chi connectivity index (χ1v) is 4.69. The van der Waals surface area contributed by atoms with E-state index in [1.165, 1.54) is 0 Å². The molecule has 76 valence electrons. The van der Waals surface area contributed by atoms with Crippen molar-refractivity contribution in [3.63, 3.8) is 0 Å². The summed E-state index contributed by atoms with van der Waals surface area (Å²) in [6.45, 7) is 6.02. The molecule has 5 nitrogen and oxygen atoms in total. The van der Waals surface area contributed by atoms with Gasteiger partial charge in [-0.15, -0.1) is 5.10 Å². The molecule has 0 radical (unpaired) electrons. The molecule has 0 saturated heterocycles. The van der Waals surface area contributed by atoms with Gasteiger partial charge >= 0.3 is 0 Å². The molecule has 1 heterocycles. The van der Waals surface area contributed by atoms with Crippen molar-refractivity contribution in [2.75, 3.05) is 0 Å². The van der Waals surface area contributed by atoms with E-state index < -0.39 is 0 Å². The van der Waals surface area contributed by atoms with Crippen LogP contribution in [0.15, 0.2) is 0 Å². The number of H-pyrrole nitrogens is 1. The van der Waals surface area contributed by atoms with E-state index in [-0.39, 0.29) is 23.2 Å². The predicted molar refractivity (Wildman–Crippen MR) is 50.8 cm³/mol. The minimum atomic E-state index is -0.190. The molecule has 5 heteroatoms. The number of carbonyl (C=O) groups is 1. The van der Waals surface area contributed by atoms with Crippen molar-refractivity contribution in [2.24, 2.45) is 5.41 Å². The van der Waals surface area contributed by atoms with Crippen LogP contribution in [0.5, 0.6) is 0 Å². The third-order valence-corrected chi connectivity index (χ3v) is 2.62. The fraction of sp³-hybridized carbons (Fsp3) is 0.667. The Morgan fingerprint density at radius 1 is 1.64 bits per heavy atom. The van der Waals surface area contributed by atoms with Crippen LogP contribution in [0.1, 0.15) is 36.7 Å². The van der Waals surface area contributed by atoms with E-state index in [0.717, 1.165) is 6.42 Å². The van der Waals surface area contributed by atoms with Gasteiger partial charge in [0, 0.05) is 6.04 Å². The molecule has 1 aliphatic carbocycles. The Morgan fingerprint density at radius 3 is 2.71 bits per heavy atom. The predicted octanol–water partition coefficient (Wildman–Crippen LogP) is 0.641. The smallest absolute Gasteiger partial charge is 0.291 e. The second-order valence-corrected chi connectivity index (χ2v) is 4.46. The summed E-state index contributed by atoms with van der Waals surface area (Å²) < 4.78 is 0. The molecule has 0 spiro atoms. The average molecular weight is 194 g/mol. The Morgan fingerprint density at radius 2 is 2.29 bits per heavy atom. The van der Waals surface area contributed by atoms with Crippen molar-refractivity contribution in [1.82, 2.24) is 20.5 Å². The lowest BCUT2D eigenvalue weighted by Gasteiger charge is -2.03. The van der Waals surface area contributed by atoms with Gasteiger partial charge in [0.05, 0.1) is 0 Å². The molecule has 0 bridgehead atoms. The maximum Gasteiger partial charge on any atom is 0.291 e. The normalized spacial score (nSPS) is 23.2. The van der Waals surface area contributed by atoms with E-state index >= 15 is 0 Å². The SMILES string of the molecule is Cc1nc(C(=O)NC2CC2(C)C)n[nH]1. The summed E-state index contributed by atoms with van der Waals surface area (Å²) in [7, 11) is 0. The lowest BCUT2D eigenvalue weighted by Crippen LogP contribution is -2.29. The summed E-state index contributed by atoms with van der Waals surface area (Å²) in [5.74, 6) is 0.695. The number of carbonyl (C=O) groups excluding carboxylic acids is 1. The summed E-state index contributed by atoms with van der Waals surface area (Å²) in [6.07, 6.45) is 1.03. The molecule has 2 rings (SSSR count). The highest BCUT2D eigenvalue weighted by Gasteiger charge is 2.46. The van der Waals surface area contributed by atoms with Crippen molar-refractivity contribution < 1.29 is 4.79 Å². The van der Waals surface area contributed by atoms with Crippen molar-refractivity contribution in [1.29, 1.82) is 0 Å². The largest absolute Gasteiger partial charge is 0.346 e. The lowest BCUT2D eigenvalue weighted by atomic mass is 10.2. The van der Waals surface area contributed by atoms with Gasteiger partial charge in [-0.05, 0) is 18.8 Å². The third kappa shape index (κ3) is 1.62. The van der Waals surface area contributed by atoms with E-state index in [1.54, 1.807) is 6.92 Å². The minimum absolute atomic E-state index is 0.190. The molecule has 1 atom stereocenters. The molecule has 1 amide bonds. The van der Waals surface area contributed by atoms with Crippen LogP contribution in [0.3, 0.4) is 0 Å². The Bertz CT molecular complexity index is 369. The van der Waals surface area contributed by atoms with Crippen LogP contribution in [-0.4, -0.2) is 27.1 Å². The number of hydrogen-bond acceptors (Lipinski definition) is 3. The topological polar surface area (TPSA) is 70.7 Å². The van der Waals surface area contributed by atoms with Crippen molar-refractivity contribution in [3.05, 3.63) is 11.6 Å². The van der Waals surface area contributed by atoms with E-state index in [4.69, 9.17) is 0 Å². The number of aromatic amines is 1. The van der Waals surface area contributed by atoms with Crippen LogP contribution in [0.2, 0.25) is 0 Å². The van der Waals surface area contributed by atoms with E-state index in [1.807, 2.05) is 0 Å². The zero-order chi connectivity index (χ0) is 10.3. The highest BCUT2D eigenvalue weighted by molar-refractivity contribution is 5.90. The van der Waals surface area contributed by atoms with Gasteiger partial charge in [-0.2, -0.15) is 0 Å². The number of aromatic nitrogens is 3. The highest BCUT2D eigenvalue weighted by Crippen LogP contribution is 2.44. The minimum Gasteiger partial charge on any atom is -0.346 e. The first-order chi connectivity index (χ1) is 6.49. The molecular weight excluding hydrogens is 180 g/mol. The summed E-state index contributed by atoms with van der Waals surface area (Å²) >= 11 is 0. The summed E-state index contributed by atoms with van der Waals surface area (Å²) in [5, 5.41) is 9.33. The Balaban J connectivity index is 1.97. The summed E-state index contributed by atoms with van der Waals surface area (Å²) in [4.78, 5) is 15.5. The van der Waals surface area contributed by atoms with Crippen molar-refractivity contribution in [2.45, 2.75) is 33.2 Å². The van der Waals surface area contributed by atoms with Crippen LogP contribution in [0.4, 0.5) is 0 Å². The Hall–Kier alpha value is -1.39. The van der Waals surface area contributed by atoms with Crippen LogP contribution in [0, 0.1) is 12.3 Å². The molecule has 1 saturated carbocycles. The quantitative estimate of drug-likeness (QED) is 0.725. The third-order valence-electron chi connectivity index (χ3n) is 2.62. The molecule has 0 aromatic carbocycles. The molecule has 2 N–H and O–H groups in total. The first kappa shape index (κ1) is 9.18. The van der Waals surface area contributed by atoms with Crippen LogP contribution in [0.25, 0.3) is 0 Å². The summed E-state index contributed by atoms with van der Waals surface area (Å²) in [6, 6.07) is 0.272. The van der Waals surface area contributed by atoms with Gasteiger partial charge in [0.1, 0.15) is 5.82 Å². The number of nitrogens with zero attached hydrogens (tertiary/aromatic N) is 2. The number of amides is 1. The van der Waals surface area contributed by atoms with Crippen LogP contribution < -0.4 is 5.32 Å². The van der Waals surface area contributed by atoms with Gasteiger partial charge in [0.25, 0.3) is 5.91 Å². The van der Waals surface area contributed by atoms with Gasteiger partial charge in [0.2, 0.25) is 5.82 Å². The lowest BCUT2D eigenvalue weighted by molar-refractivity contribution is 0.0936. The standard InChI is InChI=1S/C9H14N4O/c1-5-10-7(13-12-5)8(14)11-6-4-9(6,2)3/h6H,4H2,1-3H3,(H,11,14)(H,10,12,13). The van der Waals surface area contributed by atoms with Gasteiger partial charge < -0.3 is 5.32 Å². The maximum absolute atomic E-state index is 11.5. The molecule has 1 aromatic rings. The molecule has 1 fully saturated rings. The van der Waals surface area contributed by atoms with Crippen molar-refractivity contribution >= 4 is 5.91 Å². The number of hydrogen-bond donors (Lipinski definition) is 2.